The molecule has 0 fully saturated rings. The molecular weight excluding hydrogens is 246 g/mol. The van der Waals surface area contributed by atoms with Crippen molar-refractivity contribution in [3.8, 4) is 0 Å². The van der Waals surface area contributed by atoms with Crippen LogP contribution in [0.15, 0.2) is 30.3 Å². The summed E-state index contributed by atoms with van der Waals surface area (Å²) in [7, 11) is 0. The minimum atomic E-state index is -1.12. The van der Waals surface area contributed by atoms with Crippen molar-refractivity contribution in [3.63, 3.8) is 0 Å². The van der Waals surface area contributed by atoms with E-state index in [2.05, 4.69) is 15.5 Å². The van der Waals surface area contributed by atoms with Crippen LogP contribution in [0.25, 0.3) is 0 Å². The summed E-state index contributed by atoms with van der Waals surface area (Å²) in [4.78, 5) is 22.5. The molecule has 0 atom stereocenters. The third-order valence-corrected chi connectivity index (χ3v) is 2.69. The fraction of sp³-hybridized carbons (Fsp3) is 0.154. The van der Waals surface area contributed by atoms with Crippen molar-refractivity contribution in [3.05, 3.63) is 47.2 Å². The molecule has 0 radical (unpaired) electrons. The van der Waals surface area contributed by atoms with E-state index in [-0.39, 0.29) is 23.8 Å². The molecule has 0 aliphatic heterocycles. The number of hydrogen-bond acceptors (Lipinski definition) is 3. The van der Waals surface area contributed by atoms with Crippen LogP contribution in [0.4, 0.5) is 5.82 Å². The van der Waals surface area contributed by atoms with Crippen LogP contribution in [0.3, 0.4) is 0 Å². The number of hydrogen-bond donors (Lipinski definition) is 3. The Morgan fingerprint density at radius 2 is 2.11 bits per heavy atom. The smallest absolute Gasteiger partial charge is 0.353 e. The molecule has 1 amide bonds. The van der Waals surface area contributed by atoms with Gasteiger partial charge >= 0.3 is 5.97 Å². The quantitative estimate of drug-likeness (QED) is 0.777. The molecule has 0 spiro atoms. The van der Waals surface area contributed by atoms with Crippen molar-refractivity contribution in [2.45, 2.75) is 13.3 Å². The van der Waals surface area contributed by atoms with Gasteiger partial charge in [-0.3, -0.25) is 9.89 Å². The lowest BCUT2D eigenvalue weighted by Gasteiger charge is -2.04. The van der Waals surface area contributed by atoms with Crippen molar-refractivity contribution in [2.24, 2.45) is 0 Å². The van der Waals surface area contributed by atoms with E-state index in [0.717, 1.165) is 11.1 Å². The Labute approximate surface area is 109 Å². The lowest BCUT2D eigenvalue weighted by atomic mass is 10.1. The maximum Gasteiger partial charge on any atom is 0.353 e. The fourth-order valence-corrected chi connectivity index (χ4v) is 1.66. The molecule has 1 aromatic carbocycles. The number of aromatic carboxylic acids is 1. The first kappa shape index (κ1) is 12.8. The fourth-order valence-electron chi connectivity index (χ4n) is 1.66. The summed E-state index contributed by atoms with van der Waals surface area (Å²) in [5.74, 6) is -1.15. The molecule has 6 nitrogen and oxygen atoms in total. The van der Waals surface area contributed by atoms with Crippen molar-refractivity contribution in [1.29, 1.82) is 0 Å². The number of aryl methyl sites for hydroxylation is 1. The number of carbonyl (C=O) groups excluding carboxylic acids is 1. The van der Waals surface area contributed by atoms with Crippen LogP contribution in [-0.4, -0.2) is 27.2 Å². The summed E-state index contributed by atoms with van der Waals surface area (Å²) in [5.41, 5.74) is 1.89. The Morgan fingerprint density at radius 3 is 2.74 bits per heavy atom. The number of H-pyrrole nitrogens is 1. The number of aromatic amines is 1. The number of carboxylic acid groups (broad SMARTS) is 1. The molecule has 1 aromatic heterocycles. The number of nitrogens with one attached hydrogen (secondary N) is 2. The van der Waals surface area contributed by atoms with Crippen LogP contribution in [0, 0.1) is 6.92 Å². The number of carbonyl (C=O) groups is 2. The molecule has 0 saturated heterocycles. The predicted octanol–water partition coefficient (Wildman–Crippen LogP) is 1.60. The summed E-state index contributed by atoms with van der Waals surface area (Å²) < 4.78 is 0. The van der Waals surface area contributed by atoms with Crippen LogP contribution in [-0.2, 0) is 11.2 Å². The van der Waals surface area contributed by atoms with Gasteiger partial charge in [0, 0.05) is 6.07 Å². The summed E-state index contributed by atoms with van der Waals surface area (Å²) in [6.45, 7) is 1.93. The van der Waals surface area contributed by atoms with Gasteiger partial charge in [-0.15, -0.1) is 0 Å². The van der Waals surface area contributed by atoms with Gasteiger partial charge < -0.3 is 10.4 Å². The van der Waals surface area contributed by atoms with Gasteiger partial charge in [-0.05, 0) is 18.1 Å². The third-order valence-electron chi connectivity index (χ3n) is 2.69. The highest BCUT2D eigenvalue weighted by molar-refractivity contribution is 5.93. The third kappa shape index (κ3) is 3.19. The number of anilines is 1. The van der Waals surface area contributed by atoms with Gasteiger partial charge in [0.15, 0.2) is 5.82 Å². The van der Waals surface area contributed by atoms with E-state index in [1.807, 2.05) is 31.2 Å². The zero-order valence-corrected chi connectivity index (χ0v) is 10.3. The van der Waals surface area contributed by atoms with Crippen LogP contribution in [0.1, 0.15) is 21.6 Å². The van der Waals surface area contributed by atoms with Gasteiger partial charge in [0.05, 0.1) is 6.42 Å². The average Bonchev–Trinajstić information content (AvgIpc) is 2.80. The van der Waals surface area contributed by atoms with E-state index < -0.39 is 5.97 Å². The topological polar surface area (TPSA) is 95.1 Å². The van der Waals surface area contributed by atoms with Crippen LogP contribution in [0.5, 0.6) is 0 Å². The summed E-state index contributed by atoms with van der Waals surface area (Å²) in [6, 6.07) is 8.86. The molecule has 0 bridgehead atoms. The van der Waals surface area contributed by atoms with E-state index in [4.69, 9.17) is 5.11 Å². The molecule has 0 aliphatic carbocycles. The first-order valence-corrected chi connectivity index (χ1v) is 5.69. The van der Waals surface area contributed by atoms with Gasteiger partial charge in [-0.1, -0.05) is 24.3 Å². The number of carboxylic acids is 1. The van der Waals surface area contributed by atoms with E-state index in [9.17, 15) is 9.59 Å². The molecule has 6 heteroatoms. The van der Waals surface area contributed by atoms with Crippen LogP contribution < -0.4 is 5.32 Å². The monoisotopic (exact) mass is 259 g/mol. The first-order valence-electron chi connectivity index (χ1n) is 5.69. The Hall–Kier alpha value is -2.63. The maximum atomic E-state index is 11.8. The summed E-state index contributed by atoms with van der Waals surface area (Å²) in [6.07, 6.45) is 0.224. The van der Waals surface area contributed by atoms with Gasteiger partial charge in [0.25, 0.3) is 0 Å². The maximum absolute atomic E-state index is 11.8. The Bertz CT molecular complexity index is 619. The molecule has 2 rings (SSSR count). The van der Waals surface area contributed by atoms with E-state index in [1.54, 1.807) is 0 Å². The Kier molecular flexibility index (Phi) is 3.61. The molecule has 1 heterocycles. The first-order chi connectivity index (χ1) is 9.06. The average molecular weight is 259 g/mol. The van der Waals surface area contributed by atoms with Crippen molar-refractivity contribution in [1.82, 2.24) is 10.2 Å². The predicted molar refractivity (Wildman–Crippen MR) is 69.1 cm³/mol. The van der Waals surface area contributed by atoms with Gasteiger partial charge in [0.2, 0.25) is 5.91 Å². The van der Waals surface area contributed by atoms with Gasteiger partial charge in [-0.25, -0.2) is 4.79 Å². The second-order valence-corrected chi connectivity index (χ2v) is 4.12. The highest BCUT2D eigenvalue weighted by atomic mass is 16.4. The highest BCUT2D eigenvalue weighted by Gasteiger charge is 2.11. The van der Waals surface area contributed by atoms with E-state index in [0.29, 0.717) is 0 Å². The molecule has 3 N–H and O–H groups in total. The molecule has 2 aromatic rings. The SMILES string of the molecule is Cc1ccccc1CC(=O)Nc1cc(C(=O)O)[nH]n1. The van der Waals surface area contributed by atoms with Crippen molar-refractivity contribution >= 4 is 17.7 Å². The highest BCUT2D eigenvalue weighted by Crippen LogP contribution is 2.10. The largest absolute Gasteiger partial charge is 0.477 e. The molecular formula is C13H13N3O3. The minimum Gasteiger partial charge on any atom is -0.477 e. The number of nitrogens with zero attached hydrogens (tertiary/aromatic N) is 1. The summed E-state index contributed by atoms with van der Waals surface area (Å²) in [5, 5.41) is 17.3. The van der Waals surface area contributed by atoms with Crippen molar-refractivity contribution < 1.29 is 14.7 Å². The zero-order chi connectivity index (χ0) is 13.8. The molecule has 0 aliphatic rings. The van der Waals surface area contributed by atoms with Gasteiger partial charge in [-0.2, -0.15) is 5.10 Å². The summed E-state index contributed by atoms with van der Waals surface area (Å²) >= 11 is 0. The molecule has 0 unspecified atom stereocenters. The van der Waals surface area contributed by atoms with E-state index >= 15 is 0 Å². The standard InChI is InChI=1S/C13H13N3O3/c1-8-4-2-3-5-9(8)6-12(17)14-11-7-10(13(18)19)15-16-11/h2-5,7H,6H2,1H3,(H,18,19)(H2,14,15,16,17). The second-order valence-electron chi connectivity index (χ2n) is 4.12. The number of aromatic nitrogens is 2. The molecule has 0 saturated carbocycles. The van der Waals surface area contributed by atoms with Crippen LogP contribution in [0.2, 0.25) is 0 Å². The van der Waals surface area contributed by atoms with E-state index in [1.165, 1.54) is 6.07 Å². The lowest BCUT2D eigenvalue weighted by molar-refractivity contribution is -0.115. The zero-order valence-electron chi connectivity index (χ0n) is 10.3. The number of amides is 1. The molecule has 98 valence electrons. The minimum absolute atomic E-state index is 0.0637. The van der Waals surface area contributed by atoms with Crippen molar-refractivity contribution in [2.75, 3.05) is 5.32 Å². The Morgan fingerprint density at radius 1 is 1.37 bits per heavy atom. The Balaban J connectivity index is 2.01. The second kappa shape index (κ2) is 5.34. The molecule has 19 heavy (non-hydrogen) atoms. The van der Waals surface area contributed by atoms with Gasteiger partial charge in [0.1, 0.15) is 5.69 Å². The number of benzene rings is 1. The lowest BCUT2D eigenvalue weighted by Crippen LogP contribution is -2.15. The number of rotatable bonds is 4. The normalized spacial score (nSPS) is 10.2. The van der Waals surface area contributed by atoms with Crippen LogP contribution >= 0.6 is 0 Å².